The largest absolute Gasteiger partial charge is 0.504 e. The molecule has 0 aliphatic rings. The molecule has 11 nitrogen and oxygen atoms in total. The van der Waals surface area contributed by atoms with E-state index in [9.17, 15) is 19.5 Å². The van der Waals surface area contributed by atoms with Crippen molar-refractivity contribution < 1.29 is 24.2 Å². The number of nitrogens with two attached hydrogens (primary N) is 1. The maximum Gasteiger partial charge on any atom is 0.337 e. The topological polar surface area (TPSA) is 162 Å². The first-order valence-corrected chi connectivity index (χ1v) is 9.22. The van der Waals surface area contributed by atoms with Crippen molar-refractivity contribution in [3.8, 4) is 28.6 Å². The third-order valence-corrected chi connectivity index (χ3v) is 4.73. The number of aromatic nitrogens is 4. The number of carbonyl (C=O) groups excluding carboxylic acids is 2. The summed E-state index contributed by atoms with van der Waals surface area (Å²) in [5.41, 5.74) is 5.64. The molecular weight excluding hydrogens is 418 g/mol. The number of rotatable bonds is 5. The van der Waals surface area contributed by atoms with Crippen LogP contribution in [0.4, 0.5) is 0 Å². The van der Waals surface area contributed by atoms with Crippen molar-refractivity contribution >= 4 is 23.0 Å². The van der Waals surface area contributed by atoms with E-state index in [-0.39, 0.29) is 39.7 Å². The van der Waals surface area contributed by atoms with E-state index in [1.807, 2.05) is 0 Å². The molecule has 1 amide bonds. The number of methoxy groups -OCH3 is 2. The third kappa shape index (κ3) is 3.41. The molecule has 162 valence electrons. The van der Waals surface area contributed by atoms with E-state index < -0.39 is 17.6 Å². The Labute approximate surface area is 180 Å². The molecule has 4 rings (SSSR count). The SMILES string of the molecule is COC(=O)c1cccc(-n2c(=O)[nH]c3c(C(N)=O)nc(-c4ccc(OC)c(O)c4)nc32)c1. The minimum atomic E-state index is -0.881. The van der Waals surface area contributed by atoms with Crippen LogP contribution in [0.2, 0.25) is 0 Å². The number of fused-ring (bicyclic) bond motifs is 1. The van der Waals surface area contributed by atoms with Gasteiger partial charge in [0.15, 0.2) is 28.7 Å². The first kappa shape index (κ1) is 20.6. The molecule has 0 aliphatic carbocycles. The van der Waals surface area contributed by atoms with Crippen LogP contribution in [0.15, 0.2) is 47.3 Å². The number of benzene rings is 2. The van der Waals surface area contributed by atoms with Gasteiger partial charge in [0.1, 0.15) is 5.52 Å². The lowest BCUT2D eigenvalue weighted by Gasteiger charge is -2.09. The molecule has 2 aromatic carbocycles. The first-order chi connectivity index (χ1) is 15.3. The average Bonchev–Trinajstić information content (AvgIpc) is 3.13. The van der Waals surface area contributed by atoms with Crippen LogP contribution < -0.4 is 16.2 Å². The van der Waals surface area contributed by atoms with Crippen LogP contribution in [0.5, 0.6) is 11.5 Å². The number of phenolic OH excluding ortho intramolecular Hbond substituents is 1. The van der Waals surface area contributed by atoms with E-state index in [0.717, 1.165) is 0 Å². The molecule has 0 unspecified atom stereocenters. The molecule has 0 saturated heterocycles. The normalized spacial score (nSPS) is 10.8. The highest BCUT2D eigenvalue weighted by Gasteiger charge is 2.21. The molecule has 11 heteroatoms. The number of aromatic amines is 1. The summed E-state index contributed by atoms with van der Waals surface area (Å²) < 4.78 is 10.9. The number of phenols is 1. The predicted molar refractivity (Wildman–Crippen MR) is 113 cm³/mol. The van der Waals surface area contributed by atoms with Gasteiger partial charge in [-0.05, 0) is 36.4 Å². The van der Waals surface area contributed by atoms with Crippen LogP contribution in [-0.2, 0) is 4.74 Å². The number of nitrogens with one attached hydrogen (secondary N) is 1. The minimum absolute atomic E-state index is 0.0347. The van der Waals surface area contributed by atoms with Gasteiger partial charge in [-0.3, -0.25) is 4.79 Å². The van der Waals surface area contributed by atoms with E-state index in [0.29, 0.717) is 11.3 Å². The number of ether oxygens (including phenoxy) is 2. The molecule has 0 spiro atoms. The second kappa shape index (κ2) is 7.87. The molecule has 32 heavy (non-hydrogen) atoms. The first-order valence-electron chi connectivity index (χ1n) is 9.22. The molecule has 2 aromatic heterocycles. The standard InChI is InChI=1S/C21H17N5O6/c1-31-14-7-6-10(9-13(14)27)18-23-15(17(22)28)16-19(25-18)26(21(30)24-16)12-5-3-4-11(8-12)20(29)32-2/h3-9,27H,1-2H3,(H2,22,28)(H,24,30). The number of imidazole rings is 1. The molecule has 4 aromatic rings. The highest BCUT2D eigenvalue weighted by molar-refractivity contribution is 6.02. The van der Waals surface area contributed by atoms with E-state index in [1.54, 1.807) is 18.2 Å². The fraction of sp³-hybridized carbons (Fsp3) is 0.0952. The van der Waals surface area contributed by atoms with Crippen molar-refractivity contribution in [2.45, 2.75) is 0 Å². The van der Waals surface area contributed by atoms with Gasteiger partial charge in [-0.2, -0.15) is 0 Å². The number of aromatic hydroxyl groups is 1. The molecule has 0 radical (unpaired) electrons. The van der Waals surface area contributed by atoms with Gasteiger partial charge in [-0.1, -0.05) is 6.07 Å². The zero-order valence-corrected chi connectivity index (χ0v) is 16.9. The number of carbonyl (C=O) groups is 2. The van der Waals surface area contributed by atoms with Crippen LogP contribution in [-0.4, -0.2) is 50.7 Å². The number of hydrogen-bond acceptors (Lipinski definition) is 8. The van der Waals surface area contributed by atoms with Crippen molar-refractivity contribution in [1.82, 2.24) is 19.5 Å². The lowest BCUT2D eigenvalue weighted by atomic mass is 10.1. The van der Waals surface area contributed by atoms with Crippen LogP contribution in [0, 0.1) is 0 Å². The van der Waals surface area contributed by atoms with E-state index in [2.05, 4.69) is 15.0 Å². The van der Waals surface area contributed by atoms with E-state index in [4.69, 9.17) is 15.2 Å². The van der Waals surface area contributed by atoms with Gasteiger partial charge < -0.3 is 25.3 Å². The third-order valence-electron chi connectivity index (χ3n) is 4.73. The number of amides is 1. The lowest BCUT2D eigenvalue weighted by molar-refractivity contribution is 0.0600. The maximum absolute atomic E-state index is 12.8. The molecular formula is C21H17N5O6. The van der Waals surface area contributed by atoms with Crippen LogP contribution in [0.3, 0.4) is 0 Å². The van der Waals surface area contributed by atoms with Crippen LogP contribution in [0.25, 0.3) is 28.2 Å². The monoisotopic (exact) mass is 435 g/mol. The summed E-state index contributed by atoms with van der Waals surface area (Å²) >= 11 is 0. The van der Waals surface area contributed by atoms with Gasteiger partial charge in [-0.25, -0.2) is 24.1 Å². The smallest absolute Gasteiger partial charge is 0.337 e. The van der Waals surface area contributed by atoms with Gasteiger partial charge >= 0.3 is 11.7 Å². The van der Waals surface area contributed by atoms with Crippen molar-refractivity contribution in [2.24, 2.45) is 5.73 Å². The molecule has 2 heterocycles. The molecule has 0 aliphatic heterocycles. The van der Waals surface area contributed by atoms with E-state index >= 15 is 0 Å². The zero-order chi connectivity index (χ0) is 23.0. The second-order valence-electron chi connectivity index (χ2n) is 6.65. The quantitative estimate of drug-likeness (QED) is 0.396. The van der Waals surface area contributed by atoms with Gasteiger partial charge in [0.25, 0.3) is 5.91 Å². The van der Waals surface area contributed by atoms with Crippen molar-refractivity contribution in [3.05, 3.63) is 64.2 Å². The summed E-state index contributed by atoms with van der Waals surface area (Å²) in [6.45, 7) is 0. The van der Waals surface area contributed by atoms with E-state index in [1.165, 1.54) is 43.1 Å². The highest BCUT2D eigenvalue weighted by atomic mass is 16.5. The molecule has 0 fully saturated rings. The van der Waals surface area contributed by atoms with Gasteiger partial charge in [0, 0.05) is 5.56 Å². The zero-order valence-electron chi connectivity index (χ0n) is 16.9. The maximum atomic E-state index is 12.8. The van der Waals surface area contributed by atoms with Gasteiger partial charge in [0.2, 0.25) is 0 Å². The Morgan fingerprint density at radius 1 is 1.12 bits per heavy atom. The Hall–Kier alpha value is -4.67. The predicted octanol–water partition coefficient (Wildman–Crippen LogP) is 1.38. The summed E-state index contributed by atoms with van der Waals surface area (Å²) in [4.78, 5) is 47.9. The average molecular weight is 435 g/mol. The Morgan fingerprint density at radius 3 is 2.56 bits per heavy atom. The van der Waals surface area contributed by atoms with Gasteiger partial charge in [-0.15, -0.1) is 0 Å². The number of H-pyrrole nitrogens is 1. The van der Waals surface area contributed by atoms with Crippen molar-refractivity contribution in [2.75, 3.05) is 14.2 Å². The van der Waals surface area contributed by atoms with Gasteiger partial charge in [0.05, 0.1) is 25.5 Å². The summed E-state index contributed by atoms with van der Waals surface area (Å²) in [6, 6.07) is 10.6. The van der Waals surface area contributed by atoms with Crippen molar-refractivity contribution in [3.63, 3.8) is 0 Å². The molecule has 0 atom stereocenters. The Kier molecular flexibility index (Phi) is 5.07. The van der Waals surface area contributed by atoms with Crippen LogP contribution in [0.1, 0.15) is 20.8 Å². The number of esters is 1. The number of primary amides is 1. The van der Waals surface area contributed by atoms with Crippen molar-refractivity contribution in [1.29, 1.82) is 0 Å². The number of nitrogens with zero attached hydrogens (tertiary/aromatic N) is 3. The number of hydrogen-bond donors (Lipinski definition) is 3. The van der Waals surface area contributed by atoms with Crippen LogP contribution >= 0.6 is 0 Å². The fourth-order valence-corrected chi connectivity index (χ4v) is 3.25. The Morgan fingerprint density at radius 2 is 1.91 bits per heavy atom. The lowest BCUT2D eigenvalue weighted by Crippen LogP contribution is -2.16. The summed E-state index contributed by atoms with van der Waals surface area (Å²) in [7, 11) is 2.65. The Balaban J connectivity index is 1.99. The summed E-state index contributed by atoms with van der Waals surface area (Å²) in [5.74, 6) is -1.34. The highest BCUT2D eigenvalue weighted by Crippen LogP contribution is 2.31. The summed E-state index contributed by atoms with van der Waals surface area (Å²) in [6.07, 6.45) is 0. The minimum Gasteiger partial charge on any atom is -0.504 e. The summed E-state index contributed by atoms with van der Waals surface area (Å²) in [5, 5.41) is 10.1. The molecule has 0 saturated carbocycles. The molecule has 0 bridgehead atoms. The fourth-order valence-electron chi connectivity index (χ4n) is 3.25. The molecule has 4 N–H and O–H groups in total. The Bertz CT molecular complexity index is 1440. The second-order valence-corrected chi connectivity index (χ2v) is 6.65.